The van der Waals surface area contributed by atoms with Crippen LogP contribution in [0.25, 0.3) is 40.3 Å². The van der Waals surface area contributed by atoms with Crippen molar-refractivity contribution in [1.29, 1.82) is 5.41 Å². The van der Waals surface area contributed by atoms with Crippen LogP contribution in [0.4, 0.5) is 0 Å². The first kappa shape index (κ1) is 19.2. The van der Waals surface area contributed by atoms with Gasteiger partial charge in [-0.25, -0.2) is 4.99 Å². The highest BCUT2D eigenvalue weighted by Crippen LogP contribution is 2.35. The van der Waals surface area contributed by atoms with Crippen LogP contribution in [0.2, 0.25) is 0 Å². The fraction of sp³-hybridized carbons (Fsp3) is 0.0370. The summed E-state index contributed by atoms with van der Waals surface area (Å²) in [5.74, 6) is 0.955. The maximum atomic E-state index is 8.65. The molecule has 6 aromatic rings. The Morgan fingerprint density at radius 2 is 1.16 bits per heavy atom. The molecule has 0 radical (unpaired) electrons. The van der Waals surface area contributed by atoms with Crippen molar-refractivity contribution in [3.05, 3.63) is 96.1 Å². The summed E-state index contributed by atoms with van der Waals surface area (Å²) in [6.07, 6.45) is 0. The average molecular weight is 450 g/mol. The summed E-state index contributed by atoms with van der Waals surface area (Å²) in [4.78, 5) is 4.66. The van der Waals surface area contributed by atoms with Crippen molar-refractivity contribution in [2.45, 2.75) is 0 Å². The van der Waals surface area contributed by atoms with Crippen molar-refractivity contribution in [3.8, 4) is 0 Å². The van der Waals surface area contributed by atoms with Crippen LogP contribution in [-0.2, 0) is 0 Å². The van der Waals surface area contributed by atoms with Gasteiger partial charge in [-0.15, -0.1) is 22.7 Å². The average Bonchev–Trinajstić information content (AvgIpc) is 3.39. The highest BCUT2D eigenvalue weighted by Gasteiger charge is 2.11. The number of hydrogen-bond donors (Lipinski definition) is 2. The van der Waals surface area contributed by atoms with Crippen molar-refractivity contribution in [3.63, 3.8) is 0 Å². The largest absolute Gasteiger partial charge is 0.373 e. The summed E-state index contributed by atoms with van der Waals surface area (Å²) >= 11 is 3.55. The molecule has 5 heteroatoms. The standard InChI is InChI=1S/C27H19N3S2/c1-29-27(17-11-13-21-19-7-3-5-9-23(19)32-25(21)15-17)30-26(28)16-10-12-20-18-6-2-4-8-22(18)31-24(20)14-16/h2-15H,1H3,(H2,28,29,30). The predicted octanol–water partition coefficient (Wildman–Crippen LogP) is 7.41. The predicted molar refractivity (Wildman–Crippen MR) is 141 cm³/mol. The van der Waals surface area contributed by atoms with E-state index in [4.69, 9.17) is 5.41 Å². The third-order valence-corrected chi connectivity index (χ3v) is 8.03. The number of nitrogens with one attached hydrogen (secondary N) is 2. The molecule has 0 saturated heterocycles. The second-order valence-corrected chi connectivity index (χ2v) is 9.84. The lowest BCUT2D eigenvalue weighted by Crippen LogP contribution is -2.21. The number of nitrogens with zero attached hydrogens (tertiary/aromatic N) is 1. The SMILES string of the molecule is CN/C(=N\C(=N)c1ccc2c(c1)sc1ccccc12)c1ccc2c(c1)sc1ccccc12. The second-order valence-electron chi connectivity index (χ2n) is 7.68. The van der Waals surface area contributed by atoms with E-state index in [1.807, 2.05) is 13.1 Å². The summed E-state index contributed by atoms with van der Waals surface area (Å²) in [5, 5.41) is 16.9. The van der Waals surface area contributed by atoms with Gasteiger partial charge >= 0.3 is 0 Å². The van der Waals surface area contributed by atoms with Gasteiger partial charge in [-0.1, -0.05) is 60.7 Å². The van der Waals surface area contributed by atoms with Crippen LogP contribution in [0.3, 0.4) is 0 Å². The maximum Gasteiger partial charge on any atom is 0.154 e. The lowest BCUT2D eigenvalue weighted by Gasteiger charge is -2.07. The van der Waals surface area contributed by atoms with Gasteiger partial charge in [0.2, 0.25) is 0 Å². The van der Waals surface area contributed by atoms with Gasteiger partial charge in [-0.05, 0) is 24.3 Å². The van der Waals surface area contributed by atoms with Gasteiger partial charge in [0.05, 0.1) is 0 Å². The fourth-order valence-electron chi connectivity index (χ4n) is 4.19. The topological polar surface area (TPSA) is 48.2 Å². The maximum absolute atomic E-state index is 8.65. The molecule has 0 unspecified atom stereocenters. The number of thiophene rings is 2. The molecule has 0 aliphatic rings. The zero-order valence-corrected chi connectivity index (χ0v) is 19.0. The Morgan fingerprint density at radius 3 is 1.75 bits per heavy atom. The van der Waals surface area contributed by atoms with E-state index in [0.717, 1.165) is 11.1 Å². The van der Waals surface area contributed by atoms with E-state index < -0.39 is 0 Å². The minimum Gasteiger partial charge on any atom is -0.373 e. The van der Waals surface area contributed by atoms with Crippen molar-refractivity contribution in [1.82, 2.24) is 5.32 Å². The highest BCUT2D eigenvalue weighted by molar-refractivity contribution is 7.26. The van der Waals surface area contributed by atoms with Crippen molar-refractivity contribution in [2.24, 2.45) is 4.99 Å². The molecule has 0 aliphatic carbocycles. The van der Waals surface area contributed by atoms with E-state index in [9.17, 15) is 0 Å². The third-order valence-electron chi connectivity index (χ3n) is 5.76. The summed E-state index contributed by atoms with van der Waals surface area (Å²) in [6.45, 7) is 0. The fourth-order valence-corrected chi connectivity index (χ4v) is 6.48. The second kappa shape index (κ2) is 7.55. The monoisotopic (exact) mass is 449 g/mol. The first-order valence-electron chi connectivity index (χ1n) is 10.4. The normalized spacial score (nSPS) is 12.2. The molecule has 0 saturated carbocycles. The Kier molecular flexibility index (Phi) is 4.52. The number of aliphatic imine (C=N–C) groups is 1. The van der Waals surface area contributed by atoms with Gasteiger partial charge in [-0.2, -0.15) is 0 Å². The van der Waals surface area contributed by atoms with E-state index in [1.165, 1.54) is 40.3 Å². The quantitative estimate of drug-likeness (QED) is 0.210. The van der Waals surface area contributed by atoms with Crippen LogP contribution in [0.5, 0.6) is 0 Å². The molecule has 0 spiro atoms. The Labute approximate surface area is 193 Å². The van der Waals surface area contributed by atoms with Gasteiger partial charge in [0, 0.05) is 58.5 Å². The van der Waals surface area contributed by atoms with Crippen LogP contribution in [0, 0.1) is 5.41 Å². The van der Waals surface area contributed by atoms with Gasteiger partial charge in [0.15, 0.2) is 5.84 Å². The smallest absolute Gasteiger partial charge is 0.154 e. The molecule has 3 nitrogen and oxygen atoms in total. The van der Waals surface area contributed by atoms with E-state index in [2.05, 4.69) is 89.2 Å². The molecular weight excluding hydrogens is 430 g/mol. The molecule has 0 bridgehead atoms. The van der Waals surface area contributed by atoms with E-state index in [-0.39, 0.29) is 5.84 Å². The Hall–Kier alpha value is -3.54. The van der Waals surface area contributed by atoms with Crippen LogP contribution in [0.1, 0.15) is 11.1 Å². The molecular formula is C27H19N3S2. The Morgan fingerprint density at radius 1 is 0.656 bits per heavy atom. The van der Waals surface area contributed by atoms with Crippen LogP contribution < -0.4 is 5.32 Å². The number of benzene rings is 4. The molecule has 4 aromatic carbocycles. The van der Waals surface area contributed by atoms with Crippen LogP contribution in [-0.4, -0.2) is 18.7 Å². The molecule has 0 aliphatic heterocycles. The molecule has 2 heterocycles. The molecule has 2 aromatic heterocycles. The highest BCUT2D eigenvalue weighted by atomic mass is 32.1. The van der Waals surface area contributed by atoms with Crippen LogP contribution in [0.15, 0.2) is 89.9 Å². The third kappa shape index (κ3) is 3.09. The van der Waals surface area contributed by atoms with Crippen molar-refractivity contribution in [2.75, 3.05) is 7.05 Å². The minimum atomic E-state index is 0.255. The lowest BCUT2D eigenvalue weighted by molar-refractivity contribution is 1.16. The number of rotatable bonds is 2. The lowest BCUT2D eigenvalue weighted by atomic mass is 10.1. The number of hydrogen-bond acceptors (Lipinski definition) is 3. The summed E-state index contributed by atoms with van der Waals surface area (Å²) in [7, 11) is 1.86. The Balaban J connectivity index is 1.39. The molecule has 2 N–H and O–H groups in total. The number of fused-ring (bicyclic) bond motifs is 6. The first-order valence-corrected chi connectivity index (χ1v) is 12.0. The van der Waals surface area contributed by atoms with Gasteiger partial charge in [0.25, 0.3) is 0 Å². The molecule has 0 atom stereocenters. The Bertz CT molecular complexity index is 1690. The first-order chi connectivity index (χ1) is 15.7. The van der Waals surface area contributed by atoms with Gasteiger partial charge < -0.3 is 5.32 Å². The van der Waals surface area contributed by atoms with Crippen molar-refractivity contribution >= 4 is 74.7 Å². The van der Waals surface area contributed by atoms with Crippen molar-refractivity contribution < 1.29 is 0 Å². The molecule has 154 valence electrons. The zero-order chi connectivity index (χ0) is 21.7. The van der Waals surface area contributed by atoms with E-state index in [1.54, 1.807) is 22.7 Å². The minimum absolute atomic E-state index is 0.255. The van der Waals surface area contributed by atoms with Gasteiger partial charge in [0.1, 0.15) is 5.84 Å². The molecule has 0 fully saturated rings. The molecule has 6 rings (SSSR count). The van der Waals surface area contributed by atoms with Crippen LogP contribution >= 0.6 is 22.7 Å². The molecule has 32 heavy (non-hydrogen) atoms. The summed E-state index contributed by atoms with van der Waals surface area (Å²) < 4.78 is 4.96. The number of amidine groups is 2. The van der Waals surface area contributed by atoms with E-state index >= 15 is 0 Å². The zero-order valence-electron chi connectivity index (χ0n) is 17.3. The van der Waals surface area contributed by atoms with E-state index in [0.29, 0.717) is 5.84 Å². The molecule has 0 amide bonds. The summed E-state index contributed by atoms with van der Waals surface area (Å²) in [5.41, 5.74) is 1.80. The summed E-state index contributed by atoms with van der Waals surface area (Å²) in [6, 6.07) is 29.5. The van der Waals surface area contributed by atoms with Gasteiger partial charge in [-0.3, -0.25) is 5.41 Å².